The Kier molecular flexibility index (Phi) is 7.65. The molecule has 18 aromatic rings. The number of aromatic nitrogens is 6. The Hall–Kier alpha value is -10.6. The van der Waals surface area contributed by atoms with Crippen molar-refractivity contribution >= 4 is 131 Å². The minimum atomic E-state index is 1.12. The molecule has 6 nitrogen and oxygen atoms in total. The topological polar surface area (TPSA) is 94.7 Å². The van der Waals surface area contributed by atoms with Gasteiger partial charge in [-0.1, -0.05) is 218 Å². The third-order valence-electron chi connectivity index (χ3n) is 17.8. The molecule has 6 heteroatoms. The van der Waals surface area contributed by atoms with Crippen LogP contribution < -0.4 is 0 Å². The van der Waals surface area contributed by atoms with Crippen LogP contribution in [0.2, 0.25) is 0 Å². The van der Waals surface area contributed by atoms with E-state index in [9.17, 15) is 0 Å². The van der Waals surface area contributed by atoms with Crippen LogP contribution in [0.5, 0.6) is 0 Å². The number of fused-ring (bicyclic) bond motifs is 6. The molecular weight excluding hydrogens is 949 g/mol. The van der Waals surface area contributed by atoms with E-state index < -0.39 is 0 Å². The molecule has 0 saturated heterocycles. The van der Waals surface area contributed by atoms with E-state index >= 15 is 0 Å². The summed E-state index contributed by atoms with van der Waals surface area (Å²) in [6, 6.07) is 81.0. The molecule has 0 unspecified atom stereocenters. The van der Waals surface area contributed by atoms with Crippen molar-refractivity contribution in [3.63, 3.8) is 0 Å². The van der Waals surface area contributed by atoms with Crippen LogP contribution in [0.1, 0.15) is 0 Å². The van der Waals surface area contributed by atoms with Gasteiger partial charge in [0.2, 0.25) is 0 Å². The Balaban J connectivity index is 0.937. The van der Waals surface area contributed by atoms with E-state index in [1.807, 2.05) is 0 Å². The summed E-state index contributed by atoms with van der Waals surface area (Å²) in [5.41, 5.74) is 27.3. The molecule has 0 radical (unpaired) electrons. The lowest BCUT2D eigenvalue weighted by Gasteiger charge is -2.07. The summed E-state index contributed by atoms with van der Waals surface area (Å²) in [4.78, 5) is 24.3. The van der Waals surface area contributed by atoms with Crippen LogP contribution in [0.4, 0.5) is 0 Å². The van der Waals surface area contributed by atoms with Gasteiger partial charge in [-0.25, -0.2) is 0 Å². The summed E-state index contributed by atoms with van der Waals surface area (Å²) in [5.74, 6) is 0. The standard InChI is InChI=1S/C72H42N6/c1-13-37-38-14-2-27-51-52-28-5-17-41-42-18-7-31-55(67(42)75-65(41)52)56-32-9-21-45-46-22-11-35-59(71(46)77-69(45)56)60-36-12-24-48-47-23-10-34-58(70(47)78-72(48)60)57-33-8-20-44-43-19-6-30-54(66(43)76-68(44)57)53-29-4-16-40-39-15-3-26-50(63(39)74-64(40)53)49(25-1)61(37)73-62(38)51/h1-36,73-78H. The van der Waals surface area contributed by atoms with Crippen LogP contribution in [0.15, 0.2) is 218 Å². The molecule has 6 N–H and O–H groups in total. The van der Waals surface area contributed by atoms with Gasteiger partial charge in [-0.15, -0.1) is 0 Å². The van der Waals surface area contributed by atoms with Gasteiger partial charge in [0, 0.05) is 131 Å². The first-order chi connectivity index (χ1) is 38.7. The van der Waals surface area contributed by atoms with Gasteiger partial charge in [0.1, 0.15) is 0 Å². The second kappa shape index (κ2) is 14.6. The van der Waals surface area contributed by atoms with Gasteiger partial charge < -0.3 is 29.9 Å². The predicted molar refractivity (Wildman–Crippen MR) is 329 cm³/mol. The fourth-order valence-electron chi connectivity index (χ4n) is 14.4. The monoisotopic (exact) mass is 990 g/mol. The second-order valence-corrected chi connectivity index (χ2v) is 21.5. The van der Waals surface area contributed by atoms with Gasteiger partial charge >= 0.3 is 0 Å². The molecule has 1 aliphatic rings. The zero-order chi connectivity index (χ0) is 50.5. The van der Waals surface area contributed by atoms with Crippen molar-refractivity contribution in [2.24, 2.45) is 0 Å². The highest BCUT2D eigenvalue weighted by Crippen LogP contribution is 2.48. The maximum atomic E-state index is 4.05. The zero-order valence-corrected chi connectivity index (χ0v) is 41.8. The van der Waals surface area contributed by atoms with E-state index in [0.29, 0.717) is 0 Å². The first-order valence-electron chi connectivity index (χ1n) is 26.9. The van der Waals surface area contributed by atoms with Crippen molar-refractivity contribution in [1.82, 2.24) is 29.9 Å². The summed E-state index contributed by atoms with van der Waals surface area (Å²) in [7, 11) is 0. The summed E-state index contributed by atoms with van der Waals surface area (Å²) >= 11 is 0. The summed E-state index contributed by atoms with van der Waals surface area (Å²) in [6.45, 7) is 0. The van der Waals surface area contributed by atoms with E-state index in [-0.39, 0.29) is 0 Å². The van der Waals surface area contributed by atoms with Crippen LogP contribution in [0.3, 0.4) is 0 Å². The van der Waals surface area contributed by atoms with Gasteiger partial charge in [-0.3, -0.25) is 0 Å². The maximum absolute atomic E-state index is 4.05. The number of benzene rings is 12. The molecule has 1 aliphatic carbocycles. The van der Waals surface area contributed by atoms with E-state index in [1.54, 1.807) is 0 Å². The van der Waals surface area contributed by atoms with Crippen molar-refractivity contribution in [3.8, 4) is 66.8 Å². The minimum Gasteiger partial charge on any atom is -0.353 e. The van der Waals surface area contributed by atoms with Crippen LogP contribution in [0.25, 0.3) is 198 Å². The lowest BCUT2D eigenvalue weighted by atomic mass is 9.97. The van der Waals surface area contributed by atoms with Crippen LogP contribution in [0, 0.1) is 0 Å². The lowest BCUT2D eigenvalue weighted by molar-refractivity contribution is 1.49. The lowest BCUT2D eigenvalue weighted by Crippen LogP contribution is -1.85. The molecule has 0 fully saturated rings. The minimum absolute atomic E-state index is 1.12. The first-order valence-corrected chi connectivity index (χ1v) is 26.9. The predicted octanol–water partition coefficient (Wildman–Crippen LogP) is 19.8. The first kappa shape index (κ1) is 40.8. The van der Waals surface area contributed by atoms with Gasteiger partial charge in [0.15, 0.2) is 0 Å². The molecule has 36 bridgehead atoms. The number of H-pyrrole nitrogens is 6. The Morgan fingerprint density at radius 3 is 0.295 bits per heavy atom. The molecule has 19 rings (SSSR count). The summed E-state index contributed by atoms with van der Waals surface area (Å²) in [5, 5.41) is 14.4. The average molecular weight is 991 g/mol. The highest BCUT2D eigenvalue weighted by atomic mass is 14.8. The smallest absolute Gasteiger partial charge is 0.0545 e. The van der Waals surface area contributed by atoms with E-state index in [0.717, 1.165) is 133 Å². The van der Waals surface area contributed by atoms with E-state index in [2.05, 4.69) is 248 Å². The number of nitrogens with one attached hydrogen (secondary N) is 6. The van der Waals surface area contributed by atoms with Crippen molar-refractivity contribution in [2.45, 2.75) is 0 Å². The third kappa shape index (κ3) is 5.16. The zero-order valence-electron chi connectivity index (χ0n) is 41.8. The van der Waals surface area contributed by atoms with Crippen LogP contribution in [-0.2, 0) is 0 Å². The Bertz CT molecular complexity index is 4460. The molecule has 0 atom stereocenters. The van der Waals surface area contributed by atoms with Gasteiger partial charge in [-0.05, 0) is 0 Å². The van der Waals surface area contributed by atoms with Gasteiger partial charge in [0.25, 0.3) is 0 Å². The number of rotatable bonds is 0. The number of hydrogen-bond donors (Lipinski definition) is 6. The molecule has 0 amide bonds. The quantitative estimate of drug-likeness (QED) is 0.0873. The molecule has 0 aliphatic heterocycles. The Morgan fingerprint density at radius 2 is 0.205 bits per heavy atom. The van der Waals surface area contributed by atoms with Crippen molar-refractivity contribution in [3.05, 3.63) is 218 Å². The van der Waals surface area contributed by atoms with E-state index in [4.69, 9.17) is 0 Å². The average Bonchev–Trinajstić information content (AvgIpc) is 4.55. The number of aromatic amines is 6. The maximum Gasteiger partial charge on any atom is 0.0545 e. The fourth-order valence-corrected chi connectivity index (χ4v) is 14.4. The Labute approximate surface area is 443 Å². The van der Waals surface area contributed by atoms with Gasteiger partial charge in [-0.2, -0.15) is 0 Å². The molecule has 360 valence electrons. The molecule has 0 spiro atoms. The van der Waals surface area contributed by atoms with Crippen molar-refractivity contribution < 1.29 is 0 Å². The molecule has 6 aromatic heterocycles. The fraction of sp³-hybridized carbons (Fsp3) is 0. The van der Waals surface area contributed by atoms with Crippen LogP contribution in [-0.4, -0.2) is 29.9 Å². The second-order valence-electron chi connectivity index (χ2n) is 21.5. The SMILES string of the molecule is c1cc2c3[nH]c4c(cccc4c3c1)-c1cccc3c1[nH]c1c(cccc13)-c1cccc3c1[nH]c1c(cccc13)-c1cccc3c1[nH]c1c(cccc13)-c1cccc3c1[nH]c1c(cccc13)-c1cccc3c1[nH]c1c-2cccc13. The number of hydrogen-bond acceptors (Lipinski definition) is 0. The molecule has 0 saturated carbocycles. The van der Waals surface area contributed by atoms with E-state index in [1.165, 1.54) is 64.6 Å². The third-order valence-corrected chi connectivity index (χ3v) is 17.8. The largest absolute Gasteiger partial charge is 0.353 e. The number of para-hydroxylation sites is 12. The normalized spacial score (nSPS) is 12.6. The van der Waals surface area contributed by atoms with Crippen LogP contribution >= 0.6 is 0 Å². The molecular formula is C72H42N6. The van der Waals surface area contributed by atoms with Gasteiger partial charge in [0.05, 0.1) is 66.2 Å². The molecule has 6 heterocycles. The van der Waals surface area contributed by atoms with Crippen molar-refractivity contribution in [1.29, 1.82) is 0 Å². The molecule has 78 heavy (non-hydrogen) atoms. The molecule has 12 aromatic carbocycles. The highest BCUT2D eigenvalue weighted by molar-refractivity contribution is 6.26. The van der Waals surface area contributed by atoms with Crippen molar-refractivity contribution in [2.75, 3.05) is 0 Å². The summed E-state index contributed by atoms with van der Waals surface area (Å²) < 4.78 is 0. The highest BCUT2D eigenvalue weighted by Gasteiger charge is 2.24. The Morgan fingerprint density at radius 1 is 0.115 bits per heavy atom. The summed E-state index contributed by atoms with van der Waals surface area (Å²) in [6.07, 6.45) is 0.